The van der Waals surface area contributed by atoms with E-state index in [0.717, 1.165) is 10.1 Å². The van der Waals surface area contributed by atoms with Crippen molar-refractivity contribution in [3.8, 4) is 0 Å². The lowest BCUT2D eigenvalue weighted by molar-refractivity contribution is 0.318. The minimum atomic E-state index is -0.00135. The summed E-state index contributed by atoms with van der Waals surface area (Å²) in [6, 6.07) is 3.54. The predicted molar refractivity (Wildman–Crippen MR) is 64.1 cm³/mol. The van der Waals surface area contributed by atoms with E-state index in [9.17, 15) is 0 Å². The van der Waals surface area contributed by atoms with E-state index in [1.165, 1.54) is 11.8 Å². The number of amidine groups is 1. The number of hydrogen-bond donors (Lipinski definition) is 2. The summed E-state index contributed by atoms with van der Waals surface area (Å²) in [5.41, 5.74) is 5.86. The van der Waals surface area contributed by atoms with Gasteiger partial charge in [-0.2, -0.15) is 0 Å². The largest absolute Gasteiger partial charge is 0.409 e. The van der Waals surface area contributed by atoms with Crippen LogP contribution >= 0.6 is 11.8 Å². The number of nitrogens with two attached hydrogens (primary N) is 1. The quantitative estimate of drug-likeness (QED) is 0.367. The van der Waals surface area contributed by atoms with Crippen molar-refractivity contribution >= 4 is 17.6 Å². The molecule has 0 aliphatic carbocycles. The van der Waals surface area contributed by atoms with Crippen LogP contribution in [0.5, 0.6) is 0 Å². The van der Waals surface area contributed by atoms with E-state index in [1.807, 2.05) is 23.9 Å². The Balaban J connectivity index is 2.17. The number of nitrogens with zero attached hydrogens (tertiary/aromatic N) is 4. The van der Waals surface area contributed by atoms with E-state index in [1.54, 1.807) is 18.5 Å². The molecule has 0 aliphatic rings. The molecule has 3 N–H and O–H groups in total. The van der Waals surface area contributed by atoms with Gasteiger partial charge in [0.05, 0.1) is 0 Å². The third-order valence-corrected chi connectivity index (χ3v) is 3.15. The average Bonchev–Trinajstić information content (AvgIpc) is 2.75. The first-order valence-electron chi connectivity index (χ1n) is 4.80. The maximum atomic E-state index is 8.51. The van der Waals surface area contributed by atoms with Crippen molar-refractivity contribution in [3.05, 3.63) is 36.4 Å². The first-order valence-corrected chi connectivity index (χ1v) is 5.61. The van der Waals surface area contributed by atoms with Crippen LogP contribution in [0.4, 0.5) is 0 Å². The summed E-state index contributed by atoms with van der Waals surface area (Å²) in [6.07, 6.45) is 5.27. The first-order chi connectivity index (χ1) is 8.20. The van der Waals surface area contributed by atoms with E-state index < -0.39 is 0 Å². The zero-order valence-electron chi connectivity index (χ0n) is 9.11. The lowest BCUT2D eigenvalue weighted by atomic mass is 10.3. The Morgan fingerprint density at radius 2 is 2.29 bits per heavy atom. The molecule has 0 spiro atoms. The Hall–Kier alpha value is -2.02. The Labute approximate surface area is 102 Å². The smallest absolute Gasteiger partial charge is 0.188 e. The van der Waals surface area contributed by atoms with Gasteiger partial charge in [-0.25, -0.2) is 4.98 Å². The Bertz CT molecular complexity index is 534. The molecular weight excluding hydrogens is 238 g/mol. The van der Waals surface area contributed by atoms with Gasteiger partial charge in [-0.15, -0.1) is 0 Å². The minimum absolute atomic E-state index is 0.00135. The summed E-state index contributed by atoms with van der Waals surface area (Å²) >= 11 is 1.50. The Morgan fingerprint density at radius 1 is 1.47 bits per heavy atom. The number of aryl methyl sites for hydroxylation is 1. The summed E-state index contributed by atoms with van der Waals surface area (Å²) < 4.78 is 1.92. The molecule has 0 radical (unpaired) electrons. The monoisotopic (exact) mass is 249 g/mol. The minimum Gasteiger partial charge on any atom is -0.409 e. The number of rotatable bonds is 3. The molecule has 7 heteroatoms. The molecule has 2 aromatic heterocycles. The molecule has 2 rings (SSSR count). The average molecular weight is 249 g/mol. The molecule has 0 bridgehead atoms. The van der Waals surface area contributed by atoms with Gasteiger partial charge in [-0.05, 0) is 12.1 Å². The van der Waals surface area contributed by atoms with Gasteiger partial charge in [0.1, 0.15) is 5.69 Å². The van der Waals surface area contributed by atoms with E-state index in [-0.39, 0.29) is 5.84 Å². The normalized spacial score (nSPS) is 11.7. The third kappa shape index (κ3) is 2.56. The fraction of sp³-hybridized carbons (Fsp3) is 0.100. The zero-order valence-corrected chi connectivity index (χ0v) is 9.92. The van der Waals surface area contributed by atoms with Crippen LogP contribution in [0, 0.1) is 0 Å². The molecule has 0 unspecified atom stereocenters. The summed E-state index contributed by atoms with van der Waals surface area (Å²) in [4.78, 5) is 9.22. The van der Waals surface area contributed by atoms with Gasteiger partial charge in [0.2, 0.25) is 0 Å². The lowest BCUT2D eigenvalue weighted by Gasteiger charge is -2.02. The number of pyridine rings is 1. The molecule has 0 atom stereocenters. The molecule has 6 nitrogen and oxygen atoms in total. The molecule has 0 saturated heterocycles. The van der Waals surface area contributed by atoms with Gasteiger partial charge in [0.15, 0.2) is 11.0 Å². The van der Waals surface area contributed by atoms with Crippen LogP contribution in [0.25, 0.3) is 0 Å². The molecule has 88 valence electrons. The van der Waals surface area contributed by atoms with Crippen molar-refractivity contribution in [2.45, 2.75) is 10.1 Å². The maximum absolute atomic E-state index is 8.51. The van der Waals surface area contributed by atoms with Crippen molar-refractivity contribution in [1.29, 1.82) is 0 Å². The summed E-state index contributed by atoms with van der Waals surface area (Å²) in [5.74, 6) is -0.00135. The second kappa shape index (κ2) is 4.88. The van der Waals surface area contributed by atoms with Crippen LogP contribution < -0.4 is 5.73 Å². The third-order valence-electron chi connectivity index (χ3n) is 2.09. The number of hydrogen-bond acceptors (Lipinski definition) is 5. The maximum Gasteiger partial charge on any atom is 0.188 e. The molecule has 2 heterocycles. The van der Waals surface area contributed by atoms with E-state index in [2.05, 4.69) is 15.1 Å². The van der Waals surface area contributed by atoms with Gasteiger partial charge in [-0.3, -0.25) is 4.98 Å². The zero-order chi connectivity index (χ0) is 12.3. The first kappa shape index (κ1) is 11.5. The topological polar surface area (TPSA) is 89.3 Å². The van der Waals surface area contributed by atoms with Gasteiger partial charge in [-0.1, -0.05) is 16.9 Å². The SMILES string of the molecule is Cn1ccnc1Sc1ccc(/C(N)=N/O)nc1. The molecule has 0 aliphatic heterocycles. The highest BCUT2D eigenvalue weighted by molar-refractivity contribution is 7.99. The fourth-order valence-corrected chi connectivity index (χ4v) is 1.97. The van der Waals surface area contributed by atoms with E-state index in [0.29, 0.717) is 5.69 Å². The number of imidazole rings is 1. The highest BCUT2D eigenvalue weighted by atomic mass is 32.2. The van der Waals surface area contributed by atoms with Crippen LogP contribution in [0.15, 0.2) is 45.9 Å². The van der Waals surface area contributed by atoms with Gasteiger partial charge < -0.3 is 15.5 Å². The standard InChI is InChI=1S/C10H11N5OS/c1-15-5-4-12-10(15)17-7-2-3-8(13-6-7)9(11)14-16/h2-6,16H,1H3,(H2,11,14). The molecule has 0 aromatic carbocycles. The van der Waals surface area contributed by atoms with Crippen LogP contribution in [-0.2, 0) is 7.05 Å². The Morgan fingerprint density at radius 3 is 2.82 bits per heavy atom. The van der Waals surface area contributed by atoms with E-state index in [4.69, 9.17) is 10.9 Å². The second-order valence-electron chi connectivity index (χ2n) is 3.29. The summed E-state index contributed by atoms with van der Waals surface area (Å²) in [7, 11) is 1.92. The molecule has 0 amide bonds. The lowest BCUT2D eigenvalue weighted by Crippen LogP contribution is -2.14. The fourth-order valence-electron chi connectivity index (χ4n) is 1.20. The summed E-state index contributed by atoms with van der Waals surface area (Å²) in [5, 5.41) is 12.3. The van der Waals surface area contributed by atoms with Crippen molar-refractivity contribution in [2.24, 2.45) is 17.9 Å². The number of aromatic nitrogens is 3. The number of oxime groups is 1. The van der Waals surface area contributed by atoms with Crippen molar-refractivity contribution < 1.29 is 5.21 Å². The second-order valence-corrected chi connectivity index (χ2v) is 4.33. The molecule has 2 aromatic rings. The van der Waals surface area contributed by atoms with Gasteiger partial charge in [0, 0.05) is 30.5 Å². The van der Waals surface area contributed by atoms with Gasteiger partial charge >= 0.3 is 0 Å². The molecular formula is C10H11N5OS. The van der Waals surface area contributed by atoms with Crippen LogP contribution in [-0.4, -0.2) is 25.6 Å². The van der Waals surface area contributed by atoms with E-state index >= 15 is 0 Å². The van der Waals surface area contributed by atoms with Crippen LogP contribution in [0.1, 0.15) is 5.69 Å². The highest BCUT2D eigenvalue weighted by Crippen LogP contribution is 2.24. The van der Waals surface area contributed by atoms with Crippen molar-refractivity contribution in [1.82, 2.24) is 14.5 Å². The Kier molecular flexibility index (Phi) is 3.29. The predicted octanol–water partition coefficient (Wildman–Crippen LogP) is 1.06. The van der Waals surface area contributed by atoms with Crippen LogP contribution in [0.2, 0.25) is 0 Å². The van der Waals surface area contributed by atoms with Crippen molar-refractivity contribution in [3.63, 3.8) is 0 Å². The highest BCUT2D eigenvalue weighted by Gasteiger charge is 2.04. The van der Waals surface area contributed by atoms with Crippen molar-refractivity contribution in [2.75, 3.05) is 0 Å². The van der Waals surface area contributed by atoms with Gasteiger partial charge in [0.25, 0.3) is 0 Å². The molecule has 0 saturated carbocycles. The summed E-state index contributed by atoms with van der Waals surface area (Å²) in [6.45, 7) is 0. The molecule has 17 heavy (non-hydrogen) atoms. The molecule has 0 fully saturated rings. The van der Waals surface area contributed by atoms with Crippen LogP contribution in [0.3, 0.4) is 0 Å².